The van der Waals surface area contributed by atoms with Gasteiger partial charge in [0.25, 0.3) is 5.91 Å². The number of rotatable bonds is 9. The topological polar surface area (TPSA) is 142 Å². The Bertz CT molecular complexity index is 1900. The van der Waals surface area contributed by atoms with E-state index in [1.165, 1.54) is 48.5 Å². The van der Waals surface area contributed by atoms with Gasteiger partial charge < -0.3 is 20.3 Å². The number of sulfone groups is 1. The summed E-state index contributed by atoms with van der Waals surface area (Å²) in [6.45, 7) is 2.45. The molecule has 0 bridgehead atoms. The number of ether oxygens (including phenoxy) is 1. The number of nitrogens with one attached hydrogen (secondary N) is 2. The fourth-order valence-electron chi connectivity index (χ4n) is 5.48. The molecule has 1 heterocycles. The summed E-state index contributed by atoms with van der Waals surface area (Å²) < 4.78 is 83.7. The number of fused-ring (bicyclic) bond motifs is 2. The molecule has 0 radical (unpaired) electrons. The van der Waals surface area contributed by atoms with E-state index in [4.69, 9.17) is 4.74 Å². The molecular weight excluding hydrogens is 660 g/mol. The number of carbonyl (C=O) groups excluding carboxylic acids is 4. The predicted molar refractivity (Wildman–Crippen MR) is 164 cm³/mol. The van der Waals surface area contributed by atoms with Crippen molar-refractivity contribution >= 4 is 45.2 Å². The standard InChI is InChI=1S/C32H28F4N4O7S/c1-3-48(45,46)25-11-8-23(9-12-25)37-29(43)38-24-10-13-26-21(16-24)14-15-31(26)28(42)40(30(44)47-31)18-27(41)39(19(2)32(34,35)36)17-20-4-6-22(33)7-5-20/h3-13,16,19H,1,14-15,17-18H2,2H3,(H2,37,38,43)/t19-,31+/m0/s1. The molecule has 5 rings (SSSR count). The van der Waals surface area contributed by atoms with Crippen LogP contribution < -0.4 is 10.6 Å². The first-order chi connectivity index (χ1) is 22.5. The van der Waals surface area contributed by atoms with Gasteiger partial charge in [0.1, 0.15) is 18.4 Å². The van der Waals surface area contributed by atoms with Crippen LogP contribution in [0.1, 0.15) is 30.0 Å². The van der Waals surface area contributed by atoms with Gasteiger partial charge >= 0.3 is 18.3 Å². The van der Waals surface area contributed by atoms with Crippen molar-refractivity contribution in [2.75, 3.05) is 17.2 Å². The van der Waals surface area contributed by atoms with Crippen LogP contribution in [0.15, 0.2) is 83.6 Å². The van der Waals surface area contributed by atoms with Gasteiger partial charge in [-0.1, -0.05) is 24.8 Å². The number of nitrogens with zero attached hydrogens (tertiary/aromatic N) is 2. The van der Waals surface area contributed by atoms with Crippen molar-refractivity contribution in [1.29, 1.82) is 0 Å². The highest BCUT2D eigenvalue weighted by atomic mass is 32.2. The third kappa shape index (κ3) is 6.74. The summed E-state index contributed by atoms with van der Waals surface area (Å²) in [4.78, 5) is 53.3. The molecule has 1 saturated heterocycles. The lowest BCUT2D eigenvalue weighted by atomic mass is 9.94. The Balaban J connectivity index is 1.28. The van der Waals surface area contributed by atoms with Crippen LogP contribution in [0.3, 0.4) is 0 Å². The minimum atomic E-state index is -4.83. The van der Waals surface area contributed by atoms with E-state index in [-0.39, 0.29) is 23.3 Å². The average Bonchev–Trinajstić information content (AvgIpc) is 3.51. The molecule has 1 aliphatic carbocycles. The van der Waals surface area contributed by atoms with Gasteiger partial charge in [0.05, 0.1) is 4.90 Å². The second-order valence-electron chi connectivity index (χ2n) is 11.1. The molecule has 5 amide bonds. The van der Waals surface area contributed by atoms with Gasteiger partial charge in [0, 0.05) is 35.3 Å². The Morgan fingerprint density at radius 1 is 1.04 bits per heavy atom. The lowest BCUT2D eigenvalue weighted by Gasteiger charge is -2.31. The molecule has 2 aliphatic rings. The zero-order chi connectivity index (χ0) is 35.0. The summed E-state index contributed by atoms with van der Waals surface area (Å²) in [5, 5.41) is 5.99. The zero-order valence-corrected chi connectivity index (χ0v) is 26.0. The molecule has 16 heteroatoms. The van der Waals surface area contributed by atoms with E-state index in [2.05, 4.69) is 17.2 Å². The summed E-state index contributed by atoms with van der Waals surface area (Å²) in [5.74, 6) is -2.71. The molecule has 0 aromatic heterocycles. The lowest BCUT2D eigenvalue weighted by molar-refractivity contribution is -0.187. The maximum absolute atomic E-state index is 13.7. The highest BCUT2D eigenvalue weighted by molar-refractivity contribution is 7.94. The molecule has 1 aliphatic heterocycles. The third-order valence-electron chi connectivity index (χ3n) is 8.10. The second kappa shape index (κ2) is 12.7. The van der Waals surface area contributed by atoms with E-state index in [0.717, 1.165) is 24.5 Å². The normalized spacial score (nSPS) is 17.9. The van der Waals surface area contributed by atoms with E-state index in [0.29, 0.717) is 32.3 Å². The van der Waals surface area contributed by atoms with E-state index in [1.807, 2.05) is 0 Å². The first kappa shape index (κ1) is 34.1. The van der Waals surface area contributed by atoms with E-state index < -0.39 is 70.5 Å². The van der Waals surface area contributed by atoms with Crippen LogP contribution in [0.5, 0.6) is 0 Å². The Morgan fingerprint density at radius 3 is 2.29 bits per heavy atom. The molecule has 1 spiro atoms. The van der Waals surface area contributed by atoms with Gasteiger partial charge in [-0.25, -0.2) is 27.3 Å². The number of alkyl halides is 3. The van der Waals surface area contributed by atoms with Crippen LogP contribution in [0.2, 0.25) is 0 Å². The summed E-state index contributed by atoms with van der Waals surface area (Å²) in [6, 6.07) is 11.4. The van der Waals surface area contributed by atoms with Gasteiger partial charge in [0.2, 0.25) is 11.5 Å². The minimum absolute atomic E-state index is 0.000656. The number of aryl methyl sites for hydroxylation is 1. The predicted octanol–water partition coefficient (Wildman–Crippen LogP) is 5.49. The number of amides is 5. The third-order valence-corrected chi connectivity index (χ3v) is 9.47. The van der Waals surface area contributed by atoms with Gasteiger partial charge in [-0.2, -0.15) is 13.2 Å². The average molecular weight is 689 g/mol. The maximum atomic E-state index is 13.7. The van der Waals surface area contributed by atoms with Crippen molar-refractivity contribution in [3.8, 4) is 0 Å². The van der Waals surface area contributed by atoms with Gasteiger partial charge in [-0.3, -0.25) is 9.59 Å². The molecule has 252 valence electrons. The van der Waals surface area contributed by atoms with Crippen molar-refractivity contribution in [3.05, 3.63) is 101 Å². The van der Waals surface area contributed by atoms with Crippen LogP contribution in [-0.2, 0) is 42.7 Å². The van der Waals surface area contributed by atoms with Crippen molar-refractivity contribution in [1.82, 2.24) is 9.80 Å². The quantitative estimate of drug-likeness (QED) is 0.284. The highest BCUT2D eigenvalue weighted by Gasteiger charge is 2.58. The first-order valence-corrected chi connectivity index (χ1v) is 15.9. The smallest absolute Gasteiger partial charge is 0.418 e. The Morgan fingerprint density at radius 2 is 1.67 bits per heavy atom. The maximum Gasteiger partial charge on any atom is 0.418 e. The van der Waals surface area contributed by atoms with Crippen LogP contribution in [0, 0.1) is 5.82 Å². The summed E-state index contributed by atoms with van der Waals surface area (Å²) >= 11 is 0. The van der Waals surface area contributed by atoms with Gasteiger partial charge in [-0.15, -0.1) is 0 Å². The molecule has 0 saturated carbocycles. The Labute approximate surface area is 272 Å². The molecule has 3 aromatic rings. The number of benzene rings is 3. The molecule has 0 unspecified atom stereocenters. The fraction of sp³-hybridized carbons (Fsp3) is 0.250. The second-order valence-corrected chi connectivity index (χ2v) is 13.0. The van der Waals surface area contributed by atoms with Crippen LogP contribution in [0.25, 0.3) is 0 Å². The monoisotopic (exact) mass is 688 g/mol. The number of halogens is 4. The highest BCUT2D eigenvalue weighted by Crippen LogP contribution is 2.46. The van der Waals surface area contributed by atoms with E-state index in [9.17, 15) is 45.2 Å². The molecule has 2 N–H and O–H groups in total. The zero-order valence-electron chi connectivity index (χ0n) is 25.2. The van der Waals surface area contributed by atoms with Crippen molar-refractivity contribution in [3.63, 3.8) is 0 Å². The molecule has 3 aromatic carbocycles. The molecular formula is C32H28F4N4O7S. The SMILES string of the molecule is C=CS(=O)(=O)c1ccc(NC(=O)Nc2ccc3c(c2)CC[C@@]32OC(=O)N(CC(=O)N(Cc3ccc(F)cc3)[C@@H](C)C(F)(F)F)C2=O)cc1. The minimum Gasteiger partial charge on any atom is -0.427 e. The molecule has 11 nitrogen and oxygen atoms in total. The Kier molecular flexibility index (Phi) is 9.05. The van der Waals surface area contributed by atoms with Crippen LogP contribution in [-0.4, -0.2) is 60.9 Å². The fourth-order valence-corrected chi connectivity index (χ4v) is 6.19. The number of imide groups is 1. The van der Waals surface area contributed by atoms with E-state index in [1.54, 1.807) is 6.07 Å². The first-order valence-electron chi connectivity index (χ1n) is 14.4. The largest absolute Gasteiger partial charge is 0.427 e. The number of carbonyl (C=O) groups is 4. The number of anilines is 2. The van der Waals surface area contributed by atoms with Gasteiger partial charge in [0.15, 0.2) is 9.84 Å². The number of hydrogen-bond acceptors (Lipinski definition) is 7. The van der Waals surface area contributed by atoms with Crippen LogP contribution in [0.4, 0.5) is 38.5 Å². The summed E-state index contributed by atoms with van der Waals surface area (Å²) in [6.07, 6.45) is -5.81. The lowest BCUT2D eigenvalue weighted by Crippen LogP contribution is -2.51. The number of hydrogen-bond donors (Lipinski definition) is 2. The molecule has 1 fully saturated rings. The number of urea groups is 1. The van der Waals surface area contributed by atoms with E-state index >= 15 is 0 Å². The van der Waals surface area contributed by atoms with Gasteiger partial charge in [-0.05, 0) is 73.0 Å². The van der Waals surface area contributed by atoms with Crippen molar-refractivity contribution in [2.45, 2.75) is 49.0 Å². The molecule has 48 heavy (non-hydrogen) atoms. The van der Waals surface area contributed by atoms with Crippen LogP contribution >= 0.6 is 0 Å². The summed E-state index contributed by atoms with van der Waals surface area (Å²) in [7, 11) is -3.64. The van der Waals surface area contributed by atoms with Crippen molar-refractivity contribution in [2.24, 2.45) is 0 Å². The Hall–Kier alpha value is -5.25. The summed E-state index contributed by atoms with van der Waals surface area (Å²) in [5.41, 5.74) is -0.145. The van der Waals surface area contributed by atoms with Crippen molar-refractivity contribution < 1.29 is 49.9 Å². The molecule has 2 atom stereocenters.